The molecule has 0 spiro atoms. The van der Waals surface area contributed by atoms with Crippen molar-refractivity contribution in [3.05, 3.63) is 29.3 Å². The lowest BCUT2D eigenvalue weighted by atomic mass is 10.1. The van der Waals surface area contributed by atoms with Crippen LogP contribution >= 0.6 is 11.6 Å². The summed E-state index contributed by atoms with van der Waals surface area (Å²) in [4.78, 5) is 13.4. The molecule has 0 aromatic heterocycles. The first-order valence-corrected chi connectivity index (χ1v) is 7.51. The van der Waals surface area contributed by atoms with E-state index in [1.807, 2.05) is 0 Å². The van der Waals surface area contributed by atoms with Crippen LogP contribution < -0.4 is 10.0 Å². The fourth-order valence-electron chi connectivity index (χ4n) is 2.12. The molecule has 98 valence electrons. The minimum atomic E-state index is -3.55. The Morgan fingerprint density at radius 1 is 1.44 bits per heavy atom. The van der Waals surface area contributed by atoms with Gasteiger partial charge in [-0.2, -0.15) is 0 Å². The molecule has 1 fully saturated rings. The molecular weight excluding hydrogens is 276 g/mol. The van der Waals surface area contributed by atoms with Gasteiger partial charge in [0.2, 0.25) is 15.9 Å². The van der Waals surface area contributed by atoms with Crippen LogP contribution in [0, 0.1) is 5.92 Å². The smallest absolute Gasteiger partial charge is 0.227 e. The largest absolute Gasteiger partial charge is 0.312 e. The maximum Gasteiger partial charge on any atom is 0.227 e. The molecule has 1 heterocycles. The van der Waals surface area contributed by atoms with Crippen LogP contribution in [0.1, 0.15) is 6.42 Å². The number of primary sulfonamides is 1. The molecule has 1 aromatic carbocycles. The Balaban J connectivity index is 2.15. The molecule has 1 aliphatic rings. The van der Waals surface area contributed by atoms with Gasteiger partial charge in [0, 0.05) is 29.6 Å². The van der Waals surface area contributed by atoms with Crippen molar-refractivity contribution < 1.29 is 13.2 Å². The highest BCUT2D eigenvalue weighted by Crippen LogP contribution is 2.27. The Morgan fingerprint density at radius 3 is 2.78 bits per heavy atom. The van der Waals surface area contributed by atoms with E-state index < -0.39 is 10.0 Å². The number of carbonyl (C=O) groups is 1. The zero-order valence-corrected chi connectivity index (χ0v) is 11.1. The first-order chi connectivity index (χ1) is 8.35. The van der Waals surface area contributed by atoms with Crippen LogP contribution in [0.25, 0.3) is 0 Å². The predicted molar refractivity (Wildman–Crippen MR) is 69.9 cm³/mol. The van der Waals surface area contributed by atoms with Crippen molar-refractivity contribution in [1.29, 1.82) is 0 Å². The van der Waals surface area contributed by atoms with Gasteiger partial charge < -0.3 is 4.90 Å². The van der Waals surface area contributed by atoms with Crippen molar-refractivity contribution in [1.82, 2.24) is 0 Å². The van der Waals surface area contributed by atoms with Crippen molar-refractivity contribution in [2.45, 2.75) is 6.42 Å². The second-order valence-corrected chi connectivity index (χ2v) is 6.48. The number of rotatable bonds is 3. The maximum absolute atomic E-state index is 11.8. The molecule has 18 heavy (non-hydrogen) atoms. The van der Waals surface area contributed by atoms with Crippen LogP contribution in [0.15, 0.2) is 24.3 Å². The van der Waals surface area contributed by atoms with Gasteiger partial charge in [0.1, 0.15) is 0 Å². The van der Waals surface area contributed by atoms with Crippen LogP contribution in [-0.4, -0.2) is 26.6 Å². The molecule has 1 saturated heterocycles. The van der Waals surface area contributed by atoms with Crippen LogP contribution in [0.5, 0.6) is 0 Å². The SMILES string of the molecule is NS(=O)(=O)CC1CC(=O)N(c2cccc(Cl)c2)C1. The average Bonchev–Trinajstić information content (AvgIpc) is 2.56. The third-order valence-corrected chi connectivity index (χ3v) is 3.96. The van der Waals surface area contributed by atoms with Crippen LogP contribution in [0.3, 0.4) is 0 Å². The summed E-state index contributed by atoms with van der Waals surface area (Å²) in [6, 6.07) is 6.91. The van der Waals surface area contributed by atoms with Gasteiger partial charge in [-0.25, -0.2) is 13.6 Å². The Labute approximate surface area is 111 Å². The van der Waals surface area contributed by atoms with E-state index in [0.29, 0.717) is 17.3 Å². The number of nitrogens with two attached hydrogens (primary N) is 1. The number of sulfonamides is 1. The monoisotopic (exact) mass is 288 g/mol. The van der Waals surface area contributed by atoms with Crippen molar-refractivity contribution in [3.63, 3.8) is 0 Å². The average molecular weight is 289 g/mol. The summed E-state index contributed by atoms with van der Waals surface area (Å²) in [5.74, 6) is -0.534. The van der Waals surface area contributed by atoms with E-state index >= 15 is 0 Å². The molecule has 1 amide bonds. The number of hydrogen-bond donors (Lipinski definition) is 1. The van der Waals surface area contributed by atoms with Gasteiger partial charge >= 0.3 is 0 Å². The lowest BCUT2D eigenvalue weighted by Crippen LogP contribution is -2.27. The standard InChI is InChI=1S/C11H13ClN2O3S/c12-9-2-1-3-10(5-9)14-6-8(4-11(14)15)7-18(13,16)17/h1-3,5,8H,4,6-7H2,(H2,13,16,17). The van der Waals surface area contributed by atoms with Crippen molar-refractivity contribution in [3.8, 4) is 0 Å². The molecule has 2 rings (SSSR count). The highest BCUT2D eigenvalue weighted by atomic mass is 35.5. The number of halogens is 1. The van der Waals surface area contributed by atoms with Crippen LogP contribution in [0.4, 0.5) is 5.69 Å². The molecule has 1 unspecified atom stereocenters. The molecule has 7 heteroatoms. The van der Waals surface area contributed by atoms with Crippen LogP contribution in [0.2, 0.25) is 5.02 Å². The van der Waals surface area contributed by atoms with Crippen molar-refractivity contribution in [2.75, 3.05) is 17.2 Å². The minimum absolute atomic E-state index is 0.106. The zero-order chi connectivity index (χ0) is 13.3. The summed E-state index contributed by atoms with van der Waals surface area (Å²) in [7, 11) is -3.55. The summed E-state index contributed by atoms with van der Waals surface area (Å²) < 4.78 is 22.0. The predicted octanol–water partition coefficient (Wildman–Crippen LogP) is 0.981. The number of benzene rings is 1. The van der Waals surface area contributed by atoms with E-state index in [2.05, 4.69) is 0 Å². The first kappa shape index (κ1) is 13.3. The number of amides is 1. The highest BCUT2D eigenvalue weighted by molar-refractivity contribution is 7.89. The van der Waals surface area contributed by atoms with E-state index in [1.54, 1.807) is 29.2 Å². The highest BCUT2D eigenvalue weighted by Gasteiger charge is 2.32. The quantitative estimate of drug-likeness (QED) is 0.900. The molecule has 0 saturated carbocycles. The molecule has 5 nitrogen and oxygen atoms in total. The Bertz CT molecular complexity index is 573. The topological polar surface area (TPSA) is 80.5 Å². The summed E-state index contributed by atoms with van der Waals surface area (Å²) >= 11 is 5.86. The lowest BCUT2D eigenvalue weighted by Gasteiger charge is -2.16. The van der Waals surface area contributed by atoms with Gasteiger partial charge in [0.05, 0.1) is 5.75 Å². The van der Waals surface area contributed by atoms with Crippen molar-refractivity contribution in [2.24, 2.45) is 11.1 Å². The third kappa shape index (κ3) is 3.22. The van der Waals surface area contributed by atoms with Gasteiger partial charge in [-0.05, 0) is 18.2 Å². The molecule has 1 aromatic rings. The fraction of sp³-hybridized carbons (Fsp3) is 0.364. The normalized spacial score (nSPS) is 20.4. The second kappa shape index (κ2) is 4.87. The second-order valence-electron chi connectivity index (χ2n) is 4.38. The summed E-state index contributed by atoms with van der Waals surface area (Å²) in [6.07, 6.45) is 0.197. The van der Waals surface area contributed by atoms with E-state index in [4.69, 9.17) is 16.7 Å². The number of nitrogens with zero attached hydrogens (tertiary/aromatic N) is 1. The summed E-state index contributed by atoms with van der Waals surface area (Å²) in [5.41, 5.74) is 0.685. The Hall–Kier alpha value is -1.11. The van der Waals surface area contributed by atoms with Crippen molar-refractivity contribution >= 4 is 33.2 Å². The van der Waals surface area contributed by atoms with Gasteiger partial charge in [-0.15, -0.1) is 0 Å². The number of hydrogen-bond acceptors (Lipinski definition) is 3. The summed E-state index contributed by atoms with van der Waals surface area (Å²) in [5, 5.41) is 5.53. The van der Waals surface area contributed by atoms with E-state index in [1.165, 1.54) is 0 Å². The Kier molecular flexibility index (Phi) is 3.61. The van der Waals surface area contributed by atoms with Gasteiger partial charge in [-0.1, -0.05) is 17.7 Å². The third-order valence-electron chi connectivity index (χ3n) is 2.79. The molecule has 1 atom stereocenters. The zero-order valence-electron chi connectivity index (χ0n) is 9.54. The van der Waals surface area contributed by atoms with Gasteiger partial charge in [0.25, 0.3) is 0 Å². The fourth-order valence-corrected chi connectivity index (χ4v) is 3.18. The molecular formula is C11H13ClN2O3S. The minimum Gasteiger partial charge on any atom is -0.312 e. The van der Waals surface area contributed by atoms with E-state index in [0.717, 1.165) is 0 Å². The number of carbonyl (C=O) groups excluding carboxylic acids is 1. The maximum atomic E-state index is 11.8. The number of anilines is 1. The van der Waals surface area contributed by atoms with E-state index in [9.17, 15) is 13.2 Å². The molecule has 1 aliphatic heterocycles. The molecule has 0 aliphatic carbocycles. The van der Waals surface area contributed by atoms with Gasteiger partial charge in [0.15, 0.2) is 0 Å². The lowest BCUT2D eigenvalue weighted by molar-refractivity contribution is -0.117. The summed E-state index contributed by atoms with van der Waals surface area (Å²) in [6.45, 7) is 0.357. The Morgan fingerprint density at radius 2 is 2.17 bits per heavy atom. The molecule has 0 radical (unpaired) electrons. The molecule has 2 N–H and O–H groups in total. The first-order valence-electron chi connectivity index (χ1n) is 5.41. The van der Waals surface area contributed by atoms with Gasteiger partial charge in [-0.3, -0.25) is 4.79 Å². The van der Waals surface area contributed by atoms with E-state index in [-0.39, 0.29) is 24.0 Å². The molecule has 0 bridgehead atoms. The van der Waals surface area contributed by atoms with Crippen LogP contribution in [-0.2, 0) is 14.8 Å².